The van der Waals surface area contributed by atoms with E-state index in [1.807, 2.05) is 0 Å². The highest BCUT2D eigenvalue weighted by molar-refractivity contribution is 5.76. The third kappa shape index (κ3) is 3.57. The van der Waals surface area contributed by atoms with Crippen LogP contribution < -0.4 is 0 Å². The molecule has 1 heterocycles. The Bertz CT molecular complexity index is 195. The van der Waals surface area contributed by atoms with Gasteiger partial charge in [-0.05, 0) is 19.3 Å². The van der Waals surface area contributed by atoms with Gasteiger partial charge in [-0.2, -0.15) is 8.78 Å². The molecular weight excluding hydrogens is 194 g/mol. The SMILES string of the molecule is CC(F)(F)C(=O)OCC1CCCCO1. The molecule has 0 bridgehead atoms. The number of carbonyl (C=O) groups excluding carboxylic acids is 1. The number of halogens is 2. The summed E-state index contributed by atoms with van der Waals surface area (Å²) >= 11 is 0. The lowest BCUT2D eigenvalue weighted by molar-refractivity contribution is -0.174. The smallest absolute Gasteiger partial charge is 0.376 e. The van der Waals surface area contributed by atoms with E-state index in [1.165, 1.54) is 0 Å². The van der Waals surface area contributed by atoms with E-state index in [1.54, 1.807) is 0 Å². The Hall–Kier alpha value is -0.710. The van der Waals surface area contributed by atoms with Crippen molar-refractivity contribution in [3.8, 4) is 0 Å². The summed E-state index contributed by atoms with van der Waals surface area (Å²) in [5.74, 6) is -4.89. The summed E-state index contributed by atoms with van der Waals surface area (Å²) in [6, 6.07) is 0. The molecular formula is C9H14F2O3. The van der Waals surface area contributed by atoms with Crippen molar-refractivity contribution >= 4 is 5.97 Å². The molecule has 1 rings (SSSR count). The molecule has 0 aliphatic carbocycles. The zero-order chi connectivity index (χ0) is 10.6. The summed E-state index contributed by atoms with van der Waals surface area (Å²) in [6.45, 7) is 1.07. The fourth-order valence-corrected chi connectivity index (χ4v) is 1.23. The van der Waals surface area contributed by atoms with Gasteiger partial charge < -0.3 is 9.47 Å². The van der Waals surface area contributed by atoms with Crippen molar-refractivity contribution in [3.05, 3.63) is 0 Å². The summed E-state index contributed by atoms with van der Waals surface area (Å²) in [4.78, 5) is 10.7. The van der Waals surface area contributed by atoms with Crippen LogP contribution in [0.4, 0.5) is 8.78 Å². The Morgan fingerprint density at radius 2 is 2.29 bits per heavy atom. The van der Waals surface area contributed by atoms with E-state index in [0.29, 0.717) is 13.5 Å². The molecule has 1 aliphatic rings. The maximum Gasteiger partial charge on any atom is 0.376 e. The fraction of sp³-hybridized carbons (Fsp3) is 0.889. The van der Waals surface area contributed by atoms with Crippen LogP contribution in [0.5, 0.6) is 0 Å². The second-order valence-electron chi connectivity index (χ2n) is 3.48. The molecule has 0 saturated carbocycles. The Balaban J connectivity index is 2.22. The molecule has 0 amide bonds. The maximum absolute atomic E-state index is 12.4. The fourth-order valence-electron chi connectivity index (χ4n) is 1.23. The first kappa shape index (κ1) is 11.4. The quantitative estimate of drug-likeness (QED) is 0.663. The van der Waals surface area contributed by atoms with E-state index in [2.05, 4.69) is 4.74 Å². The molecule has 5 heteroatoms. The van der Waals surface area contributed by atoms with Crippen molar-refractivity contribution in [2.75, 3.05) is 13.2 Å². The number of carbonyl (C=O) groups is 1. The van der Waals surface area contributed by atoms with Gasteiger partial charge in [-0.3, -0.25) is 0 Å². The minimum atomic E-state index is -3.41. The molecule has 0 aromatic carbocycles. The Morgan fingerprint density at radius 3 is 2.79 bits per heavy atom. The number of ether oxygens (including phenoxy) is 2. The molecule has 0 aromatic heterocycles. The third-order valence-corrected chi connectivity index (χ3v) is 2.03. The van der Waals surface area contributed by atoms with Crippen molar-refractivity contribution in [1.29, 1.82) is 0 Å². The van der Waals surface area contributed by atoms with Crippen LogP contribution in [-0.4, -0.2) is 31.2 Å². The van der Waals surface area contributed by atoms with Crippen LogP contribution in [0.1, 0.15) is 26.2 Å². The lowest BCUT2D eigenvalue weighted by Gasteiger charge is -2.22. The van der Waals surface area contributed by atoms with Crippen LogP contribution in [0.25, 0.3) is 0 Å². The molecule has 1 atom stereocenters. The second kappa shape index (κ2) is 4.68. The van der Waals surface area contributed by atoms with Gasteiger partial charge in [0.1, 0.15) is 6.61 Å². The molecule has 0 aromatic rings. The minimum Gasteiger partial charge on any atom is -0.459 e. The molecule has 1 aliphatic heterocycles. The van der Waals surface area contributed by atoms with Crippen LogP contribution in [0, 0.1) is 0 Å². The van der Waals surface area contributed by atoms with Gasteiger partial charge in [0.25, 0.3) is 0 Å². The molecule has 3 nitrogen and oxygen atoms in total. The lowest BCUT2D eigenvalue weighted by atomic mass is 10.1. The molecule has 0 radical (unpaired) electrons. The summed E-state index contributed by atoms with van der Waals surface area (Å²) in [6.07, 6.45) is 2.52. The standard InChI is InChI=1S/C9H14F2O3/c1-9(10,11)8(12)14-6-7-4-2-3-5-13-7/h7H,2-6H2,1H3. The van der Waals surface area contributed by atoms with Crippen LogP contribution in [0.3, 0.4) is 0 Å². The first-order chi connectivity index (χ1) is 6.50. The van der Waals surface area contributed by atoms with Crippen molar-refractivity contribution in [3.63, 3.8) is 0 Å². The summed E-state index contributed by atoms with van der Waals surface area (Å²) in [7, 11) is 0. The van der Waals surface area contributed by atoms with Gasteiger partial charge in [-0.25, -0.2) is 4.79 Å². The predicted molar refractivity (Wildman–Crippen MR) is 45.2 cm³/mol. The number of esters is 1. The third-order valence-electron chi connectivity index (χ3n) is 2.03. The summed E-state index contributed by atoms with van der Waals surface area (Å²) in [5, 5.41) is 0. The topological polar surface area (TPSA) is 35.5 Å². The van der Waals surface area contributed by atoms with Crippen LogP contribution >= 0.6 is 0 Å². The summed E-state index contributed by atoms with van der Waals surface area (Å²) < 4.78 is 34.4. The van der Waals surface area contributed by atoms with Gasteiger partial charge >= 0.3 is 11.9 Å². The normalized spacial score (nSPS) is 23.2. The highest BCUT2D eigenvalue weighted by atomic mass is 19.3. The second-order valence-corrected chi connectivity index (χ2v) is 3.48. The van der Waals surface area contributed by atoms with E-state index < -0.39 is 11.9 Å². The van der Waals surface area contributed by atoms with E-state index in [4.69, 9.17) is 4.74 Å². The first-order valence-corrected chi connectivity index (χ1v) is 4.67. The van der Waals surface area contributed by atoms with Crippen molar-refractivity contribution in [1.82, 2.24) is 0 Å². The molecule has 0 spiro atoms. The predicted octanol–water partition coefficient (Wildman–Crippen LogP) is 1.75. The molecule has 1 saturated heterocycles. The number of rotatable bonds is 3. The molecule has 0 N–H and O–H groups in total. The molecule has 1 unspecified atom stereocenters. The van der Waals surface area contributed by atoms with Crippen LogP contribution in [0.2, 0.25) is 0 Å². The Morgan fingerprint density at radius 1 is 1.57 bits per heavy atom. The Kier molecular flexibility index (Phi) is 3.80. The van der Waals surface area contributed by atoms with Gasteiger partial charge in [0.2, 0.25) is 0 Å². The van der Waals surface area contributed by atoms with Gasteiger partial charge in [0.05, 0.1) is 6.10 Å². The van der Waals surface area contributed by atoms with Crippen LogP contribution in [-0.2, 0) is 14.3 Å². The van der Waals surface area contributed by atoms with Gasteiger partial charge in [0.15, 0.2) is 0 Å². The highest BCUT2D eigenvalue weighted by Gasteiger charge is 2.34. The van der Waals surface area contributed by atoms with E-state index in [-0.39, 0.29) is 12.7 Å². The zero-order valence-electron chi connectivity index (χ0n) is 8.09. The monoisotopic (exact) mass is 208 g/mol. The Labute approximate surface area is 81.4 Å². The van der Waals surface area contributed by atoms with E-state index >= 15 is 0 Å². The molecule has 14 heavy (non-hydrogen) atoms. The van der Waals surface area contributed by atoms with Crippen molar-refractivity contribution in [2.24, 2.45) is 0 Å². The average Bonchev–Trinajstić information content (AvgIpc) is 2.14. The summed E-state index contributed by atoms with van der Waals surface area (Å²) in [5.41, 5.74) is 0. The number of hydrogen-bond donors (Lipinski definition) is 0. The molecule has 82 valence electrons. The van der Waals surface area contributed by atoms with E-state index in [0.717, 1.165) is 19.3 Å². The minimum absolute atomic E-state index is 0.0672. The largest absolute Gasteiger partial charge is 0.459 e. The number of hydrogen-bond acceptors (Lipinski definition) is 3. The zero-order valence-corrected chi connectivity index (χ0v) is 8.09. The van der Waals surface area contributed by atoms with Crippen LogP contribution in [0.15, 0.2) is 0 Å². The average molecular weight is 208 g/mol. The van der Waals surface area contributed by atoms with Gasteiger partial charge in [-0.15, -0.1) is 0 Å². The number of alkyl halides is 2. The van der Waals surface area contributed by atoms with Crippen molar-refractivity contribution in [2.45, 2.75) is 38.2 Å². The van der Waals surface area contributed by atoms with Gasteiger partial charge in [0, 0.05) is 13.5 Å². The van der Waals surface area contributed by atoms with Gasteiger partial charge in [-0.1, -0.05) is 0 Å². The first-order valence-electron chi connectivity index (χ1n) is 4.67. The highest BCUT2D eigenvalue weighted by Crippen LogP contribution is 2.16. The maximum atomic E-state index is 12.4. The van der Waals surface area contributed by atoms with Crippen molar-refractivity contribution < 1.29 is 23.0 Å². The van der Waals surface area contributed by atoms with E-state index in [9.17, 15) is 13.6 Å². The lowest BCUT2D eigenvalue weighted by Crippen LogP contribution is -2.32. The molecule has 1 fully saturated rings.